The molecule has 1 N–H and O–H groups in total. The van der Waals surface area contributed by atoms with Gasteiger partial charge in [0.25, 0.3) is 0 Å². The van der Waals surface area contributed by atoms with Crippen LogP contribution in [-0.4, -0.2) is 21.0 Å². The third-order valence-corrected chi connectivity index (χ3v) is 3.76. The molecular weight excluding hydrogens is 224 g/mol. The fourth-order valence-corrected chi connectivity index (χ4v) is 2.69. The van der Waals surface area contributed by atoms with Crippen LogP contribution < -0.4 is 0 Å². The summed E-state index contributed by atoms with van der Waals surface area (Å²) in [6, 6.07) is 10.5. The average Bonchev–Trinajstić information content (AvgIpc) is 3.09. The van der Waals surface area contributed by atoms with Gasteiger partial charge in [0.1, 0.15) is 0 Å². The second kappa shape index (κ2) is 4.58. The lowest BCUT2D eigenvalue weighted by Crippen LogP contribution is -2.13. The molecule has 0 saturated heterocycles. The predicted octanol–water partition coefficient (Wildman–Crippen LogP) is 2.13. The lowest BCUT2D eigenvalue weighted by Gasteiger charge is -2.08. The maximum Gasteiger partial charge on any atom is 0.0615 e. The van der Waals surface area contributed by atoms with Crippen molar-refractivity contribution in [3.05, 3.63) is 53.9 Å². The van der Waals surface area contributed by atoms with E-state index in [0.717, 1.165) is 12.0 Å². The van der Waals surface area contributed by atoms with Gasteiger partial charge in [0.15, 0.2) is 0 Å². The summed E-state index contributed by atoms with van der Waals surface area (Å²) in [5.74, 6) is 0.950. The zero-order valence-electron chi connectivity index (χ0n) is 10.5. The highest BCUT2D eigenvalue weighted by atomic mass is 16.3. The highest BCUT2D eigenvalue weighted by molar-refractivity contribution is 5.26. The van der Waals surface area contributed by atoms with E-state index in [4.69, 9.17) is 0 Å². The molecule has 2 aromatic rings. The van der Waals surface area contributed by atoms with E-state index in [-0.39, 0.29) is 6.10 Å². The Morgan fingerprint density at radius 3 is 2.83 bits per heavy atom. The maximum atomic E-state index is 10.2. The first-order valence-electron chi connectivity index (χ1n) is 6.44. The Balaban J connectivity index is 1.61. The number of aliphatic hydroxyl groups excluding tert-OH is 1. The van der Waals surface area contributed by atoms with Crippen molar-refractivity contribution < 1.29 is 5.11 Å². The Morgan fingerprint density at radius 2 is 2.17 bits per heavy atom. The van der Waals surface area contributed by atoms with Crippen LogP contribution in [0.2, 0.25) is 0 Å². The number of aromatic nitrogens is 2. The van der Waals surface area contributed by atoms with E-state index in [1.54, 1.807) is 4.68 Å². The van der Waals surface area contributed by atoms with Crippen LogP contribution in [0.1, 0.15) is 23.5 Å². The summed E-state index contributed by atoms with van der Waals surface area (Å²) in [6.07, 6.45) is 5.37. The standard InChI is InChI=1S/C15H18N2O/c1-17-10-11(9-16-17)7-15(18)14-8-13(14)12-5-3-2-4-6-12/h2-6,9-10,13-15,18H,7-8H2,1H3. The number of nitrogens with zero attached hydrogens (tertiary/aromatic N) is 2. The molecule has 0 amide bonds. The number of aryl methyl sites for hydroxylation is 1. The normalized spacial score (nSPS) is 23.9. The number of aliphatic hydroxyl groups is 1. The van der Waals surface area contributed by atoms with Crippen molar-refractivity contribution in [1.82, 2.24) is 9.78 Å². The van der Waals surface area contributed by atoms with Crippen LogP contribution in [0.15, 0.2) is 42.7 Å². The predicted molar refractivity (Wildman–Crippen MR) is 70.2 cm³/mol. The molecule has 1 aromatic carbocycles. The fraction of sp³-hybridized carbons (Fsp3) is 0.400. The van der Waals surface area contributed by atoms with E-state index in [1.807, 2.05) is 25.5 Å². The van der Waals surface area contributed by atoms with E-state index in [1.165, 1.54) is 5.56 Å². The average molecular weight is 242 g/mol. The van der Waals surface area contributed by atoms with Gasteiger partial charge in [0.05, 0.1) is 12.3 Å². The van der Waals surface area contributed by atoms with Crippen molar-refractivity contribution in [2.75, 3.05) is 0 Å². The lowest BCUT2D eigenvalue weighted by atomic mass is 10.0. The Bertz CT molecular complexity index is 520. The molecule has 0 radical (unpaired) electrons. The lowest BCUT2D eigenvalue weighted by molar-refractivity contribution is 0.149. The molecule has 3 unspecified atom stereocenters. The number of benzene rings is 1. The summed E-state index contributed by atoms with van der Waals surface area (Å²) < 4.78 is 1.78. The highest BCUT2D eigenvalue weighted by Crippen LogP contribution is 2.49. The zero-order valence-corrected chi connectivity index (χ0v) is 10.5. The molecule has 18 heavy (non-hydrogen) atoms. The van der Waals surface area contributed by atoms with Crippen LogP contribution in [0.4, 0.5) is 0 Å². The third-order valence-electron chi connectivity index (χ3n) is 3.76. The number of hydrogen-bond donors (Lipinski definition) is 1. The molecule has 3 rings (SSSR count). The van der Waals surface area contributed by atoms with Crippen molar-refractivity contribution in [2.24, 2.45) is 13.0 Å². The van der Waals surface area contributed by atoms with Crippen LogP contribution in [0.25, 0.3) is 0 Å². The van der Waals surface area contributed by atoms with E-state index >= 15 is 0 Å². The molecule has 1 fully saturated rings. The van der Waals surface area contributed by atoms with Gasteiger partial charge < -0.3 is 5.11 Å². The first-order valence-corrected chi connectivity index (χ1v) is 6.44. The highest BCUT2D eigenvalue weighted by Gasteiger charge is 2.43. The minimum atomic E-state index is -0.251. The van der Waals surface area contributed by atoms with Crippen LogP contribution in [0, 0.1) is 5.92 Å². The van der Waals surface area contributed by atoms with Gasteiger partial charge in [-0.2, -0.15) is 5.10 Å². The van der Waals surface area contributed by atoms with Crippen LogP contribution in [0.3, 0.4) is 0 Å². The Labute approximate surface area is 107 Å². The van der Waals surface area contributed by atoms with E-state index in [0.29, 0.717) is 18.3 Å². The molecular formula is C15H18N2O. The number of rotatable bonds is 4. The quantitative estimate of drug-likeness (QED) is 0.892. The van der Waals surface area contributed by atoms with Gasteiger partial charge in [0.2, 0.25) is 0 Å². The molecule has 1 heterocycles. The molecule has 94 valence electrons. The van der Waals surface area contributed by atoms with Crippen molar-refractivity contribution in [3.63, 3.8) is 0 Å². The summed E-state index contributed by atoms with van der Waals surface area (Å²) in [4.78, 5) is 0. The van der Waals surface area contributed by atoms with Crippen LogP contribution in [0.5, 0.6) is 0 Å². The largest absolute Gasteiger partial charge is 0.392 e. The molecule has 3 nitrogen and oxygen atoms in total. The minimum Gasteiger partial charge on any atom is -0.392 e. The summed E-state index contributed by atoms with van der Waals surface area (Å²) in [6.45, 7) is 0. The summed E-state index contributed by atoms with van der Waals surface area (Å²) >= 11 is 0. The summed E-state index contributed by atoms with van der Waals surface area (Å²) in [5.41, 5.74) is 2.47. The van der Waals surface area contributed by atoms with Gasteiger partial charge in [-0.3, -0.25) is 4.68 Å². The van der Waals surface area contributed by atoms with Gasteiger partial charge in [-0.1, -0.05) is 30.3 Å². The molecule has 3 atom stereocenters. The minimum absolute atomic E-state index is 0.251. The van der Waals surface area contributed by atoms with Crippen molar-refractivity contribution >= 4 is 0 Å². The first-order chi connectivity index (χ1) is 8.74. The molecule has 1 aliphatic rings. The molecule has 1 aliphatic carbocycles. The van der Waals surface area contributed by atoms with Crippen LogP contribution >= 0.6 is 0 Å². The molecule has 1 aromatic heterocycles. The second-order valence-electron chi connectivity index (χ2n) is 5.21. The SMILES string of the molecule is Cn1cc(CC(O)C2CC2c2ccccc2)cn1. The molecule has 0 spiro atoms. The van der Waals surface area contributed by atoms with Gasteiger partial charge in [0, 0.05) is 19.7 Å². The van der Waals surface area contributed by atoms with E-state index in [2.05, 4.69) is 29.4 Å². The van der Waals surface area contributed by atoms with E-state index < -0.39 is 0 Å². The van der Waals surface area contributed by atoms with Gasteiger partial charge >= 0.3 is 0 Å². The smallest absolute Gasteiger partial charge is 0.0615 e. The van der Waals surface area contributed by atoms with Gasteiger partial charge in [-0.25, -0.2) is 0 Å². The molecule has 0 aliphatic heterocycles. The van der Waals surface area contributed by atoms with Crippen molar-refractivity contribution in [1.29, 1.82) is 0 Å². The van der Waals surface area contributed by atoms with Crippen LogP contribution in [-0.2, 0) is 13.5 Å². The molecule has 1 saturated carbocycles. The Morgan fingerprint density at radius 1 is 1.39 bits per heavy atom. The fourth-order valence-electron chi connectivity index (χ4n) is 2.69. The molecule has 3 heteroatoms. The van der Waals surface area contributed by atoms with Gasteiger partial charge in [-0.15, -0.1) is 0 Å². The molecule has 0 bridgehead atoms. The topological polar surface area (TPSA) is 38.0 Å². The first kappa shape index (κ1) is 11.5. The van der Waals surface area contributed by atoms with Gasteiger partial charge in [-0.05, 0) is 29.4 Å². The Hall–Kier alpha value is -1.61. The van der Waals surface area contributed by atoms with Crippen molar-refractivity contribution in [2.45, 2.75) is 24.9 Å². The zero-order chi connectivity index (χ0) is 12.5. The monoisotopic (exact) mass is 242 g/mol. The van der Waals surface area contributed by atoms with E-state index in [9.17, 15) is 5.11 Å². The number of hydrogen-bond acceptors (Lipinski definition) is 2. The Kier molecular flexibility index (Phi) is 2.92. The second-order valence-corrected chi connectivity index (χ2v) is 5.21. The maximum absolute atomic E-state index is 10.2. The summed E-state index contributed by atoms with van der Waals surface area (Å²) in [7, 11) is 1.90. The van der Waals surface area contributed by atoms with Crippen molar-refractivity contribution in [3.8, 4) is 0 Å². The third kappa shape index (κ3) is 2.31. The summed E-state index contributed by atoms with van der Waals surface area (Å²) in [5, 5.41) is 14.4.